The Morgan fingerprint density at radius 2 is 2.12 bits per heavy atom. The van der Waals surface area contributed by atoms with Crippen LogP contribution < -0.4 is 0 Å². The molecule has 0 amide bonds. The van der Waals surface area contributed by atoms with E-state index in [2.05, 4.69) is 15.9 Å². The molecule has 1 aromatic rings. The van der Waals surface area contributed by atoms with Gasteiger partial charge in [-0.3, -0.25) is 0 Å². The molecule has 2 nitrogen and oxygen atoms in total. The first kappa shape index (κ1) is 13.3. The molecule has 0 aliphatic carbocycles. The lowest BCUT2D eigenvalue weighted by Crippen LogP contribution is -2.27. The van der Waals surface area contributed by atoms with Gasteiger partial charge in [0.1, 0.15) is 5.82 Å². The molecule has 1 fully saturated rings. The average Bonchev–Trinajstić information content (AvgIpc) is 2.52. The number of rotatable bonds is 1. The summed E-state index contributed by atoms with van der Waals surface area (Å²) in [7, 11) is 0. The van der Waals surface area contributed by atoms with Gasteiger partial charge in [0, 0.05) is 29.7 Å². The normalized spacial score (nSPS) is 25.6. The second-order valence-electron chi connectivity index (χ2n) is 4.22. The first-order valence-electron chi connectivity index (χ1n) is 5.49. The highest BCUT2D eigenvalue weighted by Crippen LogP contribution is 2.38. The first-order valence-corrected chi connectivity index (χ1v) is 6.66. The van der Waals surface area contributed by atoms with Gasteiger partial charge in [-0.05, 0) is 34.8 Å². The van der Waals surface area contributed by atoms with Gasteiger partial charge in [0.25, 0.3) is 0 Å². The monoisotopic (exact) mass is 322 g/mol. The lowest BCUT2D eigenvalue weighted by Gasteiger charge is -2.27. The van der Waals surface area contributed by atoms with Crippen molar-refractivity contribution >= 4 is 27.5 Å². The summed E-state index contributed by atoms with van der Waals surface area (Å²) < 4.78 is 19.8. The fraction of sp³-hybridized carbons (Fsp3) is 0.500. The van der Waals surface area contributed by atoms with Gasteiger partial charge in [-0.1, -0.05) is 17.7 Å². The summed E-state index contributed by atoms with van der Waals surface area (Å²) >= 11 is 9.00. The minimum absolute atomic E-state index is 0.0149. The molecular weight excluding hydrogens is 310 g/mol. The van der Waals surface area contributed by atoms with E-state index < -0.39 is 11.4 Å². The van der Waals surface area contributed by atoms with Gasteiger partial charge in [0.05, 0.1) is 10.6 Å². The molecular formula is C12H13BrClFO2. The molecule has 94 valence electrons. The third kappa shape index (κ3) is 2.65. The number of hydrogen-bond acceptors (Lipinski definition) is 2. The SMILES string of the molecule is OC1(c2ccc(Br)c(Cl)c2F)CCCOCC1. The maximum absolute atomic E-state index is 14.1. The Morgan fingerprint density at radius 1 is 1.35 bits per heavy atom. The van der Waals surface area contributed by atoms with Gasteiger partial charge in [-0.2, -0.15) is 0 Å². The standard InChI is InChI=1S/C12H13BrClFO2/c13-9-3-2-8(11(15)10(9)14)12(16)4-1-6-17-7-5-12/h2-3,16H,1,4-7H2. The molecule has 0 bridgehead atoms. The van der Waals surface area contributed by atoms with Crippen LogP contribution in [0.5, 0.6) is 0 Å². The van der Waals surface area contributed by atoms with Crippen molar-refractivity contribution in [2.75, 3.05) is 13.2 Å². The molecule has 0 aromatic heterocycles. The largest absolute Gasteiger partial charge is 0.385 e. The Bertz CT molecular complexity index is 417. The van der Waals surface area contributed by atoms with E-state index in [1.165, 1.54) is 0 Å². The second kappa shape index (κ2) is 5.22. The van der Waals surface area contributed by atoms with Gasteiger partial charge in [0.2, 0.25) is 0 Å². The fourth-order valence-electron chi connectivity index (χ4n) is 2.09. The first-order chi connectivity index (χ1) is 8.04. The molecule has 1 heterocycles. The number of aliphatic hydroxyl groups is 1. The number of ether oxygens (including phenoxy) is 1. The van der Waals surface area contributed by atoms with Crippen molar-refractivity contribution in [3.63, 3.8) is 0 Å². The van der Waals surface area contributed by atoms with Gasteiger partial charge in [0.15, 0.2) is 0 Å². The van der Waals surface area contributed by atoms with Crippen LogP contribution >= 0.6 is 27.5 Å². The summed E-state index contributed by atoms with van der Waals surface area (Å²) in [5.74, 6) is -0.551. The Morgan fingerprint density at radius 3 is 2.88 bits per heavy atom. The van der Waals surface area contributed by atoms with E-state index in [-0.39, 0.29) is 10.6 Å². The zero-order chi connectivity index (χ0) is 12.5. The predicted octanol–water partition coefficient (Wildman–Crippen LogP) is 3.63. The van der Waals surface area contributed by atoms with Gasteiger partial charge >= 0.3 is 0 Å². The minimum atomic E-state index is -1.18. The Labute approximate surface area is 113 Å². The topological polar surface area (TPSA) is 29.5 Å². The van der Waals surface area contributed by atoms with Crippen molar-refractivity contribution in [1.82, 2.24) is 0 Å². The van der Waals surface area contributed by atoms with E-state index in [1.807, 2.05) is 0 Å². The molecule has 1 unspecified atom stereocenters. The van der Waals surface area contributed by atoms with Crippen LogP contribution in [0.1, 0.15) is 24.8 Å². The van der Waals surface area contributed by atoms with E-state index in [1.54, 1.807) is 12.1 Å². The van der Waals surface area contributed by atoms with E-state index in [0.29, 0.717) is 36.9 Å². The molecule has 0 radical (unpaired) electrons. The van der Waals surface area contributed by atoms with Crippen molar-refractivity contribution in [3.8, 4) is 0 Å². The summed E-state index contributed by atoms with van der Waals surface area (Å²) in [5, 5.41) is 10.5. The molecule has 1 aliphatic rings. The summed E-state index contributed by atoms with van der Waals surface area (Å²) in [6.45, 7) is 1.04. The Hall–Kier alpha value is -0.160. The van der Waals surface area contributed by atoms with Crippen LogP contribution in [0.4, 0.5) is 4.39 Å². The lowest BCUT2D eigenvalue weighted by atomic mass is 9.86. The number of hydrogen-bond donors (Lipinski definition) is 1. The highest BCUT2D eigenvalue weighted by molar-refractivity contribution is 9.10. The highest BCUT2D eigenvalue weighted by Gasteiger charge is 2.34. The molecule has 1 atom stereocenters. The summed E-state index contributed by atoms with van der Waals surface area (Å²) in [5.41, 5.74) is -0.915. The predicted molar refractivity (Wildman–Crippen MR) is 67.7 cm³/mol. The number of halogens is 3. The molecule has 0 spiro atoms. The van der Waals surface area contributed by atoms with Crippen molar-refractivity contribution in [2.24, 2.45) is 0 Å². The van der Waals surface area contributed by atoms with Crippen LogP contribution in [-0.4, -0.2) is 18.3 Å². The smallest absolute Gasteiger partial charge is 0.149 e. The van der Waals surface area contributed by atoms with Crippen LogP contribution in [0, 0.1) is 5.82 Å². The Kier molecular flexibility index (Phi) is 4.08. The molecule has 5 heteroatoms. The van der Waals surface area contributed by atoms with Crippen LogP contribution in [-0.2, 0) is 10.3 Å². The van der Waals surface area contributed by atoms with Crippen molar-refractivity contribution in [3.05, 3.63) is 33.0 Å². The molecule has 17 heavy (non-hydrogen) atoms. The summed E-state index contributed by atoms with van der Waals surface area (Å²) in [4.78, 5) is 0. The van der Waals surface area contributed by atoms with Crippen molar-refractivity contribution < 1.29 is 14.2 Å². The van der Waals surface area contributed by atoms with Gasteiger partial charge in [-0.15, -0.1) is 0 Å². The quantitative estimate of drug-likeness (QED) is 0.800. The van der Waals surface area contributed by atoms with Crippen LogP contribution in [0.2, 0.25) is 5.02 Å². The van der Waals surface area contributed by atoms with E-state index in [9.17, 15) is 9.50 Å². The molecule has 2 rings (SSSR count). The highest BCUT2D eigenvalue weighted by atomic mass is 79.9. The van der Waals surface area contributed by atoms with Crippen LogP contribution in [0.15, 0.2) is 16.6 Å². The van der Waals surface area contributed by atoms with E-state index in [4.69, 9.17) is 16.3 Å². The average molecular weight is 324 g/mol. The summed E-state index contributed by atoms with van der Waals surface area (Å²) in [6, 6.07) is 3.24. The van der Waals surface area contributed by atoms with Gasteiger partial charge in [-0.25, -0.2) is 4.39 Å². The third-order valence-electron chi connectivity index (χ3n) is 3.08. The minimum Gasteiger partial charge on any atom is -0.385 e. The fourth-order valence-corrected chi connectivity index (χ4v) is 2.56. The Balaban J connectivity index is 2.41. The molecule has 1 aromatic carbocycles. The van der Waals surface area contributed by atoms with E-state index >= 15 is 0 Å². The van der Waals surface area contributed by atoms with Crippen molar-refractivity contribution in [1.29, 1.82) is 0 Å². The molecule has 1 aliphatic heterocycles. The zero-order valence-electron chi connectivity index (χ0n) is 9.18. The third-order valence-corrected chi connectivity index (χ3v) is 4.33. The molecule has 1 saturated heterocycles. The number of benzene rings is 1. The van der Waals surface area contributed by atoms with Crippen molar-refractivity contribution in [2.45, 2.75) is 24.9 Å². The maximum Gasteiger partial charge on any atom is 0.149 e. The molecule has 1 N–H and O–H groups in total. The second-order valence-corrected chi connectivity index (χ2v) is 5.45. The zero-order valence-corrected chi connectivity index (χ0v) is 11.5. The van der Waals surface area contributed by atoms with E-state index in [0.717, 1.165) is 0 Å². The molecule has 0 saturated carbocycles. The summed E-state index contributed by atoms with van der Waals surface area (Å²) in [6.07, 6.45) is 1.59. The van der Waals surface area contributed by atoms with Gasteiger partial charge < -0.3 is 9.84 Å². The van der Waals surface area contributed by atoms with Crippen LogP contribution in [0.3, 0.4) is 0 Å². The lowest BCUT2D eigenvalue weighted by molar-refractivity contribution is 0.0113. The van der Waals surface area contributed by atoms with Crippen LogP contribution in [0.25, 0.3) is 0 Å². The maximum atomic E-state index is 14.1.